The van der Waals surface area contributed by atoms with Crippen LogP contribution in [0.3, 0.4) is 0 Å². The summed E-state index contributed by atoms with van der Waals surface area (Å²) in [5.41, 5.74) is 0.787. The number of aryl methyl sites for hydroxylation is 1. The maximum absolute atomic E-state index is 12.4. The van der Waals surface area contributed by atoms with Crippen molar-refractivity contribution in [3.8, 4) is 11.5 Å². The fourth-order valence-electron chi connectivity index (χ4n) is 2.19. The molecule has 0 bridgehead atoms. The van der Waals surface area contributed by atoms with Crippen LogP contribution in [0.1, 0.15) is 25.7 Å². The van der Waals surface area contributed by atoms with Crippen LogP contribution in [0.25, 0.3) is 11.5 Å². The molecule has 1 aromatic carbocycles. The summed E-state index contributed by atoms with van der Waals surface area (Å²) in [6.45, 7) is 0.325. The largest absolute Gasteiger partial charge is 0.421 e. The minimum Gasteiger partial charge on any atom is -0.421 e. The van der Waals surface area contributed by atoms with Gasteiger partial charge >= 0.3 is 6.18 Å². The zero-order valence-corrected chi connectivity index (χ0v) is 13.2. The van der Waals surface area contributed by atoms with E-state index in [1.165, 1.54) is 6.92 Å². The number of aromatic nitrogens is 2. The first-order valence-electron chi connectivity index (χ1n) is 7.61. The van der Waals surface area contributed by atoms with Gasteiger partial charge in [-0.15, -0.1) is 10.2 Å². The Morgan fingerprint density at radius 1 is 1.21 bits per heavy atom. The summed E-state index contributed by atoms with van der Waals surface area (Å²) in [5.74, 6) is 0.210. The van der Waals surface area contributed by atoms with E-state index in [1.54, 1.807) is 0 Å². The van der Waals surface area contributed by atoms with E-state index in [0.29, 0.717) is 24.6 Å². The van der Waals surface area contributed by atoms with Gasteiger partial charge in [-0.1, -0.05) is 18.2 Å². The summed E-state index contributed by atoms with van der Waals surface area (Å²) in [6.07, 6.45) is -3.69. The molecule has 0 saturated carbocycles. The quantitative estimate of drug-likeness (QED) is 0.774. The minimum atomic E-state index is -4.39. The summed E-state index contributed by atoms with van der Waals surface area (Å²) >= 11 is 0. The monoisotopic (exact) mass is 341 g/mol. The van der Waals surface area contributed by atoms with Gasteiger partial charge in [-0.25, -0.2) is 0 Å². The molecule has 0 fully saturated rings. The molecular formula is C16H18F3N3O2. The molecule has 0 N–H and O–H groups in total. The topological polar surface area (TPSA) is 59.2 Å². The standard InChI is InChI=1S/C16H18F3N3O2/c1-2-22(11-16(17,18)19)14(23)10-6-9-13-20-21-15(24-13)12-7-4-3-5-8-12/h3-5,7-8H,2,6,9-11H2,1H3. The Morgan fingerprint density at radius 3 is 2.54 bits per heavy atom. The van der Waals surface area contributed by atoms with E-state index in [1.807, 2.05) is 30.3 Å². The van der Waals surface area contributed by atoms with Crippen LogP contribution in [-0.2, 0) is 11.2 Å². The molecule has 0 saturated heterocycles. The number of benzene rings is 1. The first-order chi connectivity index (χ1) is 11.4. The van der Waals surface area contributed by atoms with Crippen LogP contribution in [0.4, 0.5) is 13.2 Å². The zero-order chi connectivity index (χ0) is 17.6. The van der Waals surface area contributed by atoms with E-state index in [-0.39, 0.29) is 13.0 Å². The average Bonchev–Trinajstić information content (AvgIpc) is 3.01. The van der Waals surface area contributed by atoms with Gasteiger partial charge in [0.1, 0.15) is 6.54 Å². The van der Waals surface area contributed by atoms with Gasteiger partial charge < -0.3 is 9.32 Å². The maximum Gasteiger partial charge on any atom is 0.406 e. The lowest BCUT2D eigenvalue weighted by Crippen LogP contribution is -2.38. The molecule has 0 unspecified atom stereocenters. The fourth-order valence-corrected chi connectivity index (χ4v) is 2.19. The fraction of sp³-hybridized carbons (Fsp3) is 0.438. The Hall–Kier alpha value is -2.38. The summed E-state index contributed by atoms with van der Waals surface area (Å²) in [7, 11) is 0. The molecule has 2 aromatic rings. The van der Waals surface area contributed by atoms with Gasteiger partial charge in [-0.2, -0.15) is 13.2 Å². The molecule has 0 radical (unpaired) electrons. The van der Waals surface area contributed by atoms with Gasteiger partial charge in [0.05, 0.1) is 0 Å². The molecule has 1 heterocycles. The van der Waals surface area contributed by atoms with Crippen LogP contribution < -0.4 is 0 Å². The number of halogens is 3. The molecule has 0 aliphatic carbocycles. The van der Waals surface area contributed by atoms with Crippen molar-refractivity contribution in [3.05, 3.63) is 36.2 Å². The number of alkyl halides is 3. The van der Waals surface area contributed by atoms with Crippen LogP contribution in [0.2, 0.25) is 0 Å². The highest BCUT2D eigenvalue weighted by Crippen LogP contribution is 2.19. The first kappa shape index (κ1) is 18.0. The van der Waals surface area contributed by atoms with Crippen molar-refractivity contribution in [2.24, 2.45) is 0 Å². The number of amides is 1. The summed E-state index contributed by atoms with van der Waals surface area (Å²) in [5, 5.41) is 7.82. The van der Waals surface area contributed by atoms with E-state index >= 15 is 0 Å². The van der Waals surface area contributed by atoms with Crippen molar-refractivity contribution < 1.29 is 22.4 Å². The molecule has 0 aliphatic heterocycles. The Kier molecular flexibility index (Phi) is 5.94. The van der Waals surface area contributed by atoms with E-state index in [0.717, 1.165) is 10.5 Å². The molecule has 0 spiro atoms. The summed E-state index contributed by atoms with van der Waals surface area (Å²) < 4.78 is 42.6. The Morgan fingerprint density at radius 2 is 1.92 bits per heavy atom. The third-order valence-electron chi connectivity index (χ3n) is 3.37. The first-order valence-corrected chi connectivity index (χ1v) is 7.61. The molecule has 0 aliphatic rings. The van der Waals surface area contributed by atoms with Gasteiger partial charge in [0.2, 0.25) is 17.7 Å². The third-order valence-corrected chi connectivity index (χ3v) is 3.37. The molecule has 0 atom stereocenters. The average molecular weight is 341 g/mol. The number of rotatable bonds is 7. The van der Waals surface area contributed by atoms with Gasteiger partial charge in [0.25, 0.3) is 0 Å². The number of nitrogens with zero attached hydrogens (tertiary/aromatic N) is 3. The molecule has 1 aromatic heterocycles. The molecule has 1 amide bonds. The highest BCUT2D eigenvalue weighted by Gasteiger charge is 2.32. The van der Waals surface area contributed by atoms with Crippen molar-refractivity contribution >= 4 is 5.91 Å². The van der Waals surface area contributed by atoms with Crippen molar-refractivity contribution in [2.75, 3.05) is 13.1 Å². The lowest BCUT2D eigenvalue weighted by atomic mass is 10.2. The van der Waals surface area contributed by atoms with Crippen molar-refractivity contribution in [3.63, 3.8) is 0 Å². The molecule has 5 nitrogen and oxygen atoms in total. The van der Waals surface area contributed by atoms with Gasteiger partial charge in [0, 0.05) is 24.9 Å². The predicted molar refractivity (Wildman–Crippen MR) is 81.0 cm³/mol. The van der Waals surface area contributed by atoms with Crippen molar-refractivity contribution in [1.82, 2.24) is 15.1 Å². The lowest BCUT2D eigenvalue weighted by molar-refractivity contribution is -0.160. The molecule has 24 heavy (non-hydrogen) atoms. The Balaban J connectivity index is 1.84. The second-order valence-electron chi connectivity index (χ2n) is 5.24. The number of carbonyl (C=O) groups is 1. The predicted octanol–water partition coefficient (Wildman–Crippen LogP) is 3.47. The SMILES string of the molecule is CCN(CC(F)(F)F)C(=O)CCCc1nnc(-c2ccccc2)o1. The summed E-state index contributed by atoms with van der Waals surface area (Å²) in [4.78, 5) is 12.6. The second kappa shape index (κ2) is 7.94. The molecular weight excluding hydrogens is 323 g/mol. The van der Waals surface area contributed by atoms with Crippen molar-refractivity contribution in [1.29, 1.82) is 0 Å². The highest BCUT2D eigenvalue weighted by atomic mass is 19.4. The normalized spacial score (nSPS) is 11.5. The molecule has 2 rings (SSSR count). The molecule has 8 heteroatoms. The highest BCUT2D eigenvalue weighted by molar-refractivity contribution is 5.76. The number of hydrogen-bond donors (Lipinski definition) is 0. The lowest BCUT2D eigenvalue weighted by Gasteiger charge is -2.22. The van der Waals surface area contributed by atoms with Crippen LogP contribution in [0, 0.1) is 0 Å². The van der Waals surface area contributed by atoms with Gasteiger partial charge in [0.15, 0.2) is 0 Å². The maximum atomic E-state index is 12.4. The van der Waals surface area contributed by atoms with Gasteiger partial charge in [-0.3, -0.25) is 4.79 Å². The van der Waals surface area contributed by atoms with Crippen LogP contribution >= 0.6 is 0 Å². The van der Waals surface area contributed by atoms with E-state index < -0.39 is 18.6 Å². The Labute approximate surface area is 137 Å². The van der Waals surface area contributed by atoms with Crippen LogP contribution in [0.15, 0.2) is 34.7 Å². The van der Waals surface area contributed by atoms with Crippen LogP contribution in [0.5, 0.6) is 0 Å². The van der Waals surface area contributed by atoms with Crippen molar-refractivity contribution in [2.45, 2.75) is 32.4 Å². The number of carbonyl (C=O) groups excluding carboxylic acids is 1. The van der Waals surface area contributed by atoms with Gasteiger partial charge in [-0.05, 0) is 25.5 Å². The summed E-state index contributed by atoms with van der Waals surface area (Å²) in [6, 6.07) is 9.22. The van der Waals surface area contributed by atoms with E-state index in [9.17, 15) is 18.0 Å². The number of hydrogen-bond acceptors (Lipinski definition) is 4. The Bertz CT molecular complexity index is 656. The smallest absolute Gasteiger partial charge is 0.406 e. The second-order valence-corrected chi connectivity index (χ2v) is 5.24. The van der Waals surface area contributed by atoms with Crippen LogP contribution in [-0.4, -0.2) is 40.3 Å². The van der Waals surface area contributed by atoms with E-state index in [2.05, 4.69) is 10.2 Å². The molecule has 130 valence electrons. The van der Waals surface area contributed by atoms with E-state index in [4.69, 9.17) is 4.42 Å². The minimum absolute atomic E-state index is 0.00691. The third kappa shape index (κ3) is 5.36. The zero-order valence-electron chi connectivity index (χ0n) is 13.2.